The highest BCUT2D eigenvalue weighted by atomic mass is 32.3. The van der Waals surface area contributed by atoms with Gasteiger partial charge in [-0.15, -0.1) is 0 Å². The van der Waals surface area contributed by atoms with E-state index in [9.17, 15) is 43.9 Å². The van der Waals surface area contributed by atoms with Crippen LogP contribution in [0.2, 0.25) is 0 Å². The van der Waals surface area contributed by atoms with Gasteiger partial charge in [0.1, 0.15) is 52.9 Å². The van der Waals surface area contributed by atoms with Crippen LogP contribution in [0.5, 0.6) is 5.75 Å². The smallest absolute Gasteiger partial charge is 0.462 e. The van der Waals surface area contributed by atoms with Crippen molar-refractivity contribution in [2.45, 2.75) is 80.8 Å². The molecule has 0 amide bonds. The lowest BCUT2D eigenvalue weighted by Gasteiger charge is -2.40. The number of carbonyl (C=O) groups is 1. The first-order chi connectivity index (χ1) is 18.7. The van der Waals surface area contributed by atoms with Crippen LogP contribution in [-0.4, -0.2) is 122 Å². The molecule has 2 saturated heterocycles. The van der Waals surface area contributed by atoms with Crippen LogP contribution in [-0.2, 0) is 40.1 Å². The molecule has 0 aliphatic carbocycles. The number of hydrogen-bond donors (Lipinski definition) is 7. The Labute approximate surface area is 233 Å². The fourth-order valence-corrected chi connectivity index (χ4v) is 5.26. The molecule has 2 fully saturated rings. The number of oxime groups is 1. The van der Waals surface area contributed by atoms with Gasteiger partial charge in [0, 0.05) is 13.3 Å². The van der Waals surface area contributed by atoms with Crippen molar-refractivity contribution in [2.24, 2.45) is 5.16 Å². The Hall–Kier alpha value is -2.10. The van der Waals surface area contributed by atoms with Crippen LogP contribution in [0.1, 0.15) is 19.4 Å². The maximum Gasteiger partial charge on any atom is 0.466 e. The van der Waals surface area contributed by atoms with E-state index in [2.05, 4.69) is 9.44 Å². The third-order valence-electron chi connectivity index (χ3n) is 5.94. The Kier molecular flexibility index (Phi) is 11.1. The van der Waals surface area contributed by atoms with E-state index in [1.807, 2.05) is 0 Å². The Balaban J connectivity index is 1.70. The Morgan fingerprint density at radius 1 is 1.00 bits per heavy atom. The topological polar surface area (TPSA) is 251 Å². The molecule has 1 aromatic rings. The van der Waals surface area contributed by atoms with E-state index in [1.165, 1.54) is 31.2 Å². The van der Waals surface area contributed by atoms with Gasteiger partial charge < -0.3 is 49.6 Å². The van der Waals surface area contributed by atoms with Crippen molar-refractivity contribution in [1.82, 2.24) is 0 Å². The lowest BCUT2D eigenvalue weighted by molar-refractivity contribution is -0.272. The van der Waals surface area contributed by atoms with Crippen molar-refractivity contribution in [3.63, 3.8) is 0 Å². The molecular formula is C22H31NO15S2. The summed E-state index contributed by atoms with van der Waals surface area (Å²) >= 11 is 0.619. The molecule has 0 bridgehead atoms. The van der Waals surface area contributed by atoms with Gasteiger partial charge in [-0.25, -0.2) is 4.28 Å². The summed E-state index contributed by atoms with van der Waals surface area (Å²) in [7, 11) is -4.99. The van der Waals surface area contributed by atoms with E-state index in [1.54, 1.807) is 0 Å². The van der Waals surface area contributed by atoms with Crippen molar-refractivity contribution >= 4 is 33.2 Å². The molecule has 2 aliphatic rings. The highest BCUT2D eigenvalue weighted by Gasteiger charge is 2.46. The van der Waals surface area contributed by atoms with Crippen LogP contribution < -0.4 is 4.74 Å². The number of aliphatic hydroxyl groups excluding tert-OH is 6. The largest absolute Gasteiger partial charge is 0.466 e. The zero-order valence-electron chi connectivity index (χ0n) is 21.2. The van der Waals surface area contributed by atoms with E-state index < -0.39 is 83.5 Å². The number of carbonyl (C=O) groups excluding carboxylic acids is 1. The monoisotopic (exact) mass is 613 g/mol. The summed E-state index contributed by atoms with van der Waals surface area (Å²) in [4.78, 5) is 11.3. The van der Waals surface area contributed by atoms with Crippen molar-refractivity contribution in [2.75, 3.05) is 6.61 Å². The average Bonchev–Trinajstić information content (AvgIpc) is 2.89. The second-order valence-corrected chi connectivity index (χ2v) is 11.2. The lowest BCUT2D eigenvalue weighted by Crippen LogP contribution is -2.59. The minimum Gasteiger partial charge on any atom is -0.462 e. The summed E-state index contributed by atoms with van der Waals surface area (Å²) in [5.74, 6) is -0.455. The minimum absolute atomic E-state index is 0.141. The fourth-order valence-electron chi connectivity index (χ4n) is 3.93. The lowest BCUT2D eigenvalue weighted by atomic mass is 9.99. The third kappa shape index (κ3) is 8.46. The molecule has 2 aliphatic heterocycles. The summed E-state index contributed by atoms with van der Waals surface area (Å²) in [6.07, 6.45) is -12.5. The molecular weight excluding hydrogens is 582 g/mol. The summed E-state index contributed by atoms with van der Waals surface area (Å²) in [5, 5.41) is 63.6. The molecule has 7 N–H and O–H groups in total. The van der Waals surface area contributed by atoms with Crippen LogP contribution in [0, 0.1) is 0 Å². The molecule has 16 nitrogen and oxygen atoms in total. The SMILES string of the molecule is CC(=O)OC1C(C)OC(Oc2ccc(CC(=NOS(=O)(=O)O)SC3OC(CO)C(O)C(O)C3O)cc2)C(O)C1O. The van der Waals surface area contributed by atoms with Crippen molar-refractivity contribution < 1.29 is 71.6 Å². The van der Waals surface area contributed by atoms with Crippen LogP contribution in [0.3, 0.4) is 0 Å². The predicted octanol–water partition coefficient (Wildman–Crippen LogP) is -2.33. The van der Waals surface area contributed by atoms with E-state index in [0.29, 0.717) is 17.3 Å². The van der Waals surface area contributed by atoms with Crippen LogP contribution >= 0.6 is 11.8 Å². The van der Waals surface area contributed by atoms with Gasteiger partial charge >= 0.3 is 16.4 Å². The molecule has 0 radical (unpaired) electrons. The molecule has 0 saturated carbocycles. The average molecular weight is 614 g/mol. The van der Waals surface area contributed by atoms with E-state index in [4.69, 9.17) is 23.5 Å². The highest BCUT2D eigenvalue weighted by molar-refractivity contribution is 8.14. The number of rotatable bonds is 9. The standard InChI is InChI=1S/C22H31NO15S2/c1-9-20(35-10(2)25)17(28)18(29)21(34-9)36-12-5-3-11(4-6-12)7-14(23-38-40(31,32)33)39-22-19(30)16(27)15(26)13(8-24)37-22/h3-6,9,13,15-22,24,26-30H,7-8H2,1-2H3,(H,31,32,33). The maximum atomic E-state index is 11.3. The van der Waals surface area contributed by atoms with Crippen LogP contribution in [0.25, 0.3) is 0 Å². The first-order valence-electron chi connectivity index (χ1n) is 11.8. The van der Waals surface area contributed by atoms with Gasteiger partial charge in [0.25, 0.3) is 0 Å². The predicted molar refractivity (Wildman–Crippen MR) is 134 cm³/mol. The first-order valence-corrected chi connectivity index (χ1v) is 14.1. The number of esters is 1. The number of aliphatic hydroxyl groups is 6. The zero-order chi connectivity index (χ0) is 29.8. The maximum absolute atomic E-state index is 11.3. The van der Waals surface area contributed by atoms with E-state index in [-0.39, 0.29) is 17.2 Å². The summed E-state index contributed by atoms with van der Waals surface area (Å²) in [5.41, 5.74) is -0.827. The third-order valence-corrected chi connectivity index (χ3v) is 7.32. The molecule has 0 aromatic heterocycles. The molecule has 18 heteroatoms. The Morgan fingerprint density at radius 3 is 2.23 bits per heavy atom. The number of ether oxygens (including phenoxy) is 4. The Bertz CT molecular complexity index is 1130. The molecule has 3 rings (SSSR count). The fraction of sp³-hybridized carbons (Fsp3) is 0.636. The second kappa shape index (κ2) is 13.7. The van der Waals surface area contributed by atoms with Gasteiger partial charge in [-0.3, -0.25) is 9.35 Å². The van der Waals surface area contributed by atoms with Gasteiger partial charge in [0.15, 0.2) is 6.10 Å². The van der Waals surface area contributed by atoms with Gasteiger partial charge in [-0.05, 0) is 24.6 Å². The van der Waals surface area contributed by atoms with E-state index in [0.717, 1.165) is 6.92 Å². The van der Waals surface area contributed by atoms with Gasteiger partial charge in [-0.2, -0.15) is 8.42 Å². The molecule has 1 aromatic carbocycles. The molecule has 0 spiro atoms. The zero-order valence-corrected chi connectivity index (χ0v) is 22.8. The number of thioether (sulfide) groups is 1. The van der Waals surface area contributed by atoms with Gasteiger partial charge in [-0.1, -0.05) is 29.1 Å². The number of nitrogens with zero attached hydrogens (tertiary/aromatic N) is 1. The summed E-state index contributed by atoms with van der Waals surface area (Å²) < 4.78 is 56.7. The molecule has 40 heavy (non-hydrogen) atoms. The first kappa shape index (κ1) is 32.4. The van der Waals surface area contributed by atoms with Crippen LogP contribution in [0.4, 0.5) is 0 Å². The Morgan fingerprint density at radius 2 is 1.65 bits per heavy atom. The van der Waals surface area contributed by atoms with E-state index >= 15 is 0 Å². The molecule has 226 valence electrons. The van der Waals surface area contributed by atoms with Crippen LogP contribution in [0.15, 0.2) is 29.4 Å². The number of hydrogen-bond acceptors (Lipinski definition) is 16. The molecule has 10 atom stereocenters. The minimum atomic E-state index is -4.99. The second-order valence-electron chi connectivity index (χ2n) is 9.01. The normalized spacial score (nSPS) is 35.2. The molecule has 10 unspecified atom stereocenters. The van der Waals surface area contributed by atoms with Crippen molar-refractivity contribution in [3.05, 3.63) is 29.8 Å². The quantitative estimate of drug-likeness (QED) is 0.0507. The molecule has 2 heterocycles. The summed E-state index contributed by atoms with van der Waals surface area (Å²) in [6, 6.07) is 5.95. The van der Waals surface area contributed by atoms with Crippen molar-refractivity contribution in [3.8, 4) is 5.75 Å². The van der Waals surface area contributed by atoms with Gasteiger partial charge in [0.2, 0.25) is 6.29 Å². The summed E-state index contributed by atoms with van der Waals surface area (Å²) in [6.45, 7) is 2.01. The van der Waals surface area contributed by atoms with Crippen molar-refractivity contribution in [1.29, 1.82) is 0 Å². The van der Waals surface area contributed by atoms with Gasteiger partial charge in [0.05, 0.1) is 12.7 Å². The number of benzene rings is 1. The highest BCUT2D eigenvalue weighted by Crippen LogP contribution is 2.31.